The molecule has 1 aliphatic carbocycles. The van der Waals surface area contributed by atoms with Crippen molar-refractivity contribution < 1.29 is 14.6 Å². The van der Waals surface area contributed by atoms with Gasteiger partial charge in [-0.3, -0.25) is 4.99 Å². The predicted octanol–water partition coefficient (Wildman–Crippen LogP) is 3.97. The molecule has 5 nitrogen and oxygen atoms in total. The van der Waals surface area contributed by atoms with Crippen molar-refractivity contribution >= 4 is 29.5 Å². The van der Waals surface area contributed by atoms with Crippen molar-refractivity contribution in [2.75, 3.05) is 6.61 Å². The van der Waals surface area contributed by atoms with Gasteiger partial charge in [0.25, 0.3) is 0 Å². The fourth-order valence-electron chi connectivity index (χ4n) is 2.54. The van der Waals surface area contributed by atoms with E-state index in [1.54, 1.807) is 19.1 Å². The number of carbonyl (C=O) groups excluding carboxylic acids is 1. The first-order chi connectivity index (χ1) is 11.1. The van der Waals surface area contributed by atoms with E-state index in [1.165, 1.54) is 18.8 Å². The van der Waals surface area contributed by atoms with E-state index in [2.05, 4.69) is 9.98 Å². The minimum Gasteiger partial charge on any atom is -0.506 e. The Hall–Kier alpha value is -1.88. The average Bonchev–Trinajstić information content (AvgIpc) is 2.56. The number of esters is 1. The Morgan fingerprint density at radius 3 is 2.87 bits per heavy atom. The largest absolute Gasteiger partial charge is 0.506 e. The molecule has 1 N–H and O–H groups in total. The van der Waals surface area contributed by atoms with Gasteiger partial charge in [-0.15, -0.1) is 0 Å². The molecule has 0 unspecified atom stereocenters. The van der Waals surface area contributed by atoms with Crippen LogP contribution in [0.2, 0.25) is 5.15 Å². The number of carbonyl (C=O) groups is 1. The highest BCUT2D eigenvalue weighted by Gasteiger charge is 2.19. The molecular weight excluding hydrogens is 316 g/mol. The van der Waals surface area contributed by atoms with E-state index in [0.29, 0.717) is 0 Å². The Kier molecular flexibility index (Phi) is 6.59. The summed E-state index contributed by atoms with van der Waals surface area (Å²) < 4.78 is 5.01. The number of aliphatic hydroxyl groups excluding tert-OH is 1. The number of hydrogen-bond acceptors (Lipinski definition) is 5. The lowest BCUT2D eigenvalue weighted by Crippen LogP contribution is -2.14. The van der Waals surface area contributed by atoms with Gasteiger partial charge in [0.2, 0.25) is 0 Å². The maximum absolute atomic E-state index is 12.1. The smallest absolute Gasteiger partial charge is 0.343 e. The molecule has 0 radical (unpaired) electrons. The van der Waals surface area contributed by atoms with Crippen molar-refractivity contribution in [3.63, 3.8) is 0 Å². The first kappa shape index (κ1) is 17.5. The monoisotopic (exact) mass is 336 g/mol. The van der Waals surface area contributed by atoms with Gasteiger partial charge in [0.15, 0.2) is 0 Å². The van der Waals surface area contributed by atoms with Gasteiger partial charge in [0.1, 0.15) is 16.5 Å². The third-order valence-electron chi connectivity index (χ3n) is 3.75. The zero-order valence-corrected chi connectivity index (χ0v) is 13.9. The molecule has 0 aromatic carbocycles. The van der Waals surface area contributed by atoms with Crippen molar-refractivity contribution in [3.8, 4) is 0 Å². The first-order valence-corrected chi connectivity index (χ1v) is 8.25. The van der Waals surface area contributed by atoms with Gasteiger partial charge in [-0.1, -0.05) is 30.9 Å². The van der Waals surface area contributed by atoms with Gasteiger partial charge in [-0.05, 0) is 31.9 Å². The van der Waals surface area contributed by atoms with Crippen molar-refractivity contribution in [1.82, 2.24) is 4.98 Å². The van der Waals surface area contributed by atoms with E-state index >= 15 is 0 Å². The molecule has 1 aromatic rings. The lowest BCUT2D eigenvalue weighted by Gasteiger charge is -2.17. The van der Waals surface area contributed by atoms with Gasteiger partial charge in [0.05, 0.1) is 12.2 Å². The summed E-state index contributed by atoms with van der Waals surface area (Å²) >= 11 is 5.99. The predicted molar refractivity (Wildman–Crippen MR) is 90.8 cm³/mol. The average molecular weight is 337 g/mol. The Morgan fingerprint density at radius 1 is 1.48 bits per heavy atom. The number of hydrogen-bond donors (Lipinski definition) is 1. The van der Waals surface area contributed by atoms with Gasteiger partial charge in [0, 0.05) is 18.5 Å². The van der Waals surface area contributed by atoms with Crippen molar-refractivity contribution in [2.45, 2.75) is 45.1 Å². The third kappa shape index (κ3) is 4.79. The summed E-state index contributed by atoms with van der Waals surface area (Å²) in [7, 11) is 0. The van der Waals surface area contributed by atoms with Crippen LogP contribution in [-0.2, 0) is 9.53 Å². The molecule has 23 heavy (non-hydrogen) atoms. The minimum absolute atomic E-state index is 0.00678. The normalized spacial score (nSPS) is 17.1. The van der Waals surface area contributed by atoms with Crippen LogP contribution in [0.15, 0.2) is 28.9 Å². The second kappa shape index (κ2) is 8.67. The van der Waals surface area contributed by atoms with E-state index in [1.807, 2.05) is 0 Å². The molecular formula is C17H21ClN2O3. The van der Waals surface area contributed by atoms with Crippen LogP contribution in [0.4, 0.5) is 0 Å². The van der Waals surface area contributed by atoms with Crippen LogP contribution < -0.4 is 0 Å². The van der Waals surface area contributed by atoms with Gasteiger partial charge in [-0.2, -0.15) is 0 Å². The molecule has 2 rings (SSSR count). The summed E-state index contributed by atoms with van der Waals surface area (Å²) in [6, 6.07) is 3.42. The number of halogens is 1. The number of pyridine rings is 1. The summed E-state index contributed by atoms with van der Waals surface area (Å²) in [6.07, 6.45) is 8.43. The summed E-state index contributed by atoms with van der Waals surface area (Å²) in [5, 5.41) is 10.6. The molecule has 0 saturated heterocycles. The molecule has 1 aromatic heterocycles. The SMILES string of the molecule is CCOC(=O)/C(C=NC1CCCCC1)=C(/O)c1cccnc1Cl. The zero-order chi connectivity index (χ0) is 16.7. The van der Waals surface area contributed by atoms with Crippen LogP contribution in [0.3, 0.4) is 0 Å². The van der Waals surface area contributed by atoms with E-state index in [9.17, 15) is 9.90 Å². The number of aliphatic hydroxyl groups is 1. The van der Waals surface area contributed by atoms with Crippen molar-refractivity contribution in [2.24, 2.45) is 4.99 Å². The van der Waals surface area contributed by atoms with Crippen LogP contribution in [0.1, 0.15) is 44.6 Å². The molecule has 0 amide bonds. The molecule has 0 bridgehead atoms. The van der Waals surface area contributed by atoms with E-state index in [-0.39, 0.29) is 34.7 Å². The zero-order valence-electron chi connectivity index (χ0n) is 13.2. The molecule has 124 valence electrons. The molecule has 0 aliphatic heterocycles. The van der Waals surface area contributed by atoms with Crippen LogP contribution in [0.25, 0.3) is 5.76 Å². The van der Waals surface area contributed by atoms with Gasteiger partial charge in [-0.25, -0.2) is 9.78 Å². The summed E-state index contributed by atoms with van der Waals surface area (Å²) in [5.41, 5.74) is 0.291. The molecule has 1 fully saturated rings. The molecule has 6 heteroatoms. The van der Waals surface area contributed by atoms with E-state index in [4.69, 9.17) is 16.3 Å². The fraction of sp³-hybridized carbons (Fsp3) is 0.471. The Bertz CT molecular complexity index is 608. The van der Waals surface area contributed by atoms with E-state index in [0.717, 1.165) is 25.7 Å². The lowest BCUT2D eigenvalue weighted by molar-refractivity contribution is -0.137. The molecule has 1 saturated carbocycles. The van der Waals surface area contributed by atoms with Crippen LogP contribution in [0, 0.1) is 0 Å². The standard InChI is InChI=1S/C17H21ClN2O3/c1-2-23-17(22)14(11-20-12-7-4-3-5-8-12)15(21)13-9-6-10-19-16(13)18/h6,9-12,21H,2-5,7-8H2,1H3/b15-14+,20-11?. The molecule has 0 atom stereocenters. The maximum atomic E-state index is 12.1. The van der Waals surface area contributed by atoms with Gasteiger partial charge < -0.3 is 9.84 Å². The molecule has 0 spiro atoms. The van der Waals surface area contributed by atoms with Crippen LogP contribution in [-0.4, -0.2) is 34.9 Å². The molecule has 1 aliphatic rings. The summed E-state index contributed by atoms with van der Waals surface area (Å²) in [4.78, 5) is 20.5. The van der Waals surface area contributed by atoms with Crippen molar-refractivity contribution in [1.29, 1.82) is 0 Å². The highest BCUT2D eigenvalue weighted by Crippen LogP contribution is 2.24. The third-order valence-corrected chi connectivity index (χ3v) is 4.06. The van der Waals surface area contributed by atoms with Crippen LogP contribution in [0.5, 0.6) is 0 Å². The Labute approximate surface area is 141 Å². The van der Waals surface area contributed by atoms with Crippen molar-refractivity contribution in [3.05, 3.63) is 34.6 Å². The fourth-order valence-corrected chi connectivity index (χ4v) is 2.75. The highest BCUT2D eigenvalue weighted by atomic mass is 35.5. The quantitative estimate of drug-likeness (QED) is 0.290. The summed E-state index contributed by atoms with van der Waals surface area (Å²) in [5.74, 6) is -0.884. The first-order valence-electron chi connectivity index (χ1n) is 7.88. The molecule has 1 heterocycles. The number of aliphatic imine (C=N–C) groups is 1. The van der Waals surface area contributed by atoms with Gasteiger partial charge >= 0.3 is 5.97 Å². The number of ether oxygens (including phenoxy) is 1. The highest BCUT2D eigenvalue weighted by molar-refractivity contribution is 6.31. The van der Waals surface area contributed by atoms with Crippen LogP contribution >= 0.6 is 11.6 Å². The Morgan fingerprint density at radius 2 is 2.22 bits per heavy atom. The second-order valence-corrected chi connectivity index (χ2v) is 5.75. The minimum atomic E-state index is -0.621. The summed E-state index contributed by atoms with van der Waals surface area (Å²) in [6.45, 7) is 1.93. The number of rotatable bonds is 5. The Balaban J connectivity index is 2.32. The second-order valence-electron chi connectivity index (χ2n) is 5.39. The van der Waals surface area contributed by atoms with E-state index < -0.39 is 5.97 Å². The lowest BCUT2D eigenvalue weighted by atomic mass is 9.96. The number of nitrogens with zero attached hydrogens (tertiary/aromatic N) is 2. The number of aromatic nitrogens is 1. The maximum Gasteiger partial charge on any atom is 0.343 e. The topological polar surface area (TPSA) is 71.8 Å².